The van der Waals surface area contributed by atoms with Gasteiger partial charge >= 0.3 is 6.18 Å². The Balaban J connectivity index is 2.34. The fraction of sp³-hybridized carbons (Fsp3) is 0.692. The lowest BCUT2D eigenvalue weighted by molar-refractivity contribution is -0.141. The summed E-state index contributed by atoms with van der Waals surface area (Å²) in [5.74, 6) is 0.0615. The van der Waals surface area contributed by atoms with Gasteiger partial charge < -0.3 is 11.1 Å². The Hall–Kier alpha value is -1.37. The number of anilines is 1. The molecule has 0 saturated heterocycles. The van der Waals surface area contributed by atoms with Gasteiger partial charge in [0.1, 0.15) is 0 Å². The minimum atomic E-state index is -4.43. The van der Waals surface area contributed by atoms with Gasteiger partial charge in [0.15, 0.2) is 5.69 Å². The van der Waals surface area contributed by atoms with Gasteiger partial charge in [-0.2, -0.15) is 13.2 Å². The molecule has 0 spiro atoms. The van der Waals surface area contributed by atoms with Crippen LogP contribution in [0.5, 0.6) is 0 Å². The molecule has 0 bridgehead atoms. The number of nitrogens with zero attached hydrogens (tertiary/aromatic N) is 2. The van der Waals surface area contributed by atoms with Crippen molar-refractivity contribution >= 4 is 5.95 Å². The maximum Gasteiger partial charge on any atom is 0.433 e. The minimum absolute atomic E-state index is 0.0615. The molecule has 1 aromatic rings. The number of aromatic nitrogens is 2. The molecule has 1 aliphatic rings. The predicted octanol–water partition coefficient (Wildman–Crippen LogP) is 2.53. The van der Waals surface area contributed by atoms with Crippen LogP contribution in [-0.2, 0) is 19.0 Å². The molecular weight excluding hydrogens is 269 g/mol. The van der Waals surface area contributed by atoms with E-state index in [0.29, 0.717) is 38.0 Å². The number of halogens is 3. The lowest BCUT2D eigenvalue weighted by Gasteiger charge is -2.16. The molecule has 0 fully saturated rings. The zero-order valence-corrected chi connectivity index (χ0v) is 11.3. The molecule has 0 atom stereocenters. The van der Waals surface area contributed by atoms with Gasteiger partial charge in [0, 0.05) is 17.8 Å². The van der Waals surface area contributed by atoms with E-state index in [4.69, 9.17) is 5.73 Å². The Morgan fingerprint density at radius 3 is 2.55 bits per heavy atom. The highest BCUT2D eigenvalue weighted by Gasteiger charge is 2.37. The Bertz CT molecular complexity index is 460. The molecule has 2 rings (SSSR count). The van der Waals surface area contributed by atoms with Crippen LogP contribution in [0.3, 0.4) is 0 Å². The third-order valence-electron chi connectivity index (χ3n) is 3.37. The van der Waals surface area contributed by atoms with Crippen LogP contribution >= 0.6 is 0 Å². The summed E-state index contributed by atoms with van der Waals surface area (Å²) in [6, 6.07) is 0. The normalized spacial score (nSPS) is 15.6. The van der Waals surface area contributed by atoms with Crippen LogP contribution in [0.15, 0.2) is 0 Å². The summed E-state index contributed by atoms with van der Waals surface area (Å²) in [5.41, 5.74) is 5.40. The van der Waals surface area contributed by atoms with Crippen molar-refractivity contribution < 1.29 is 13.2 Å². The molecule has 20 heavy (non-hydrogen) atoms. The van der Waals surface area contributed by atoms with E-state index < -0.39 is 11.9 Å². The second-order valence-corrected chi connectivity index (χ2v) is 4.95. The van der Waals surface area contributed by atoms with Crippen LogP contribution in [0, 0.1) is 0 Å². The average molecular weight is 288 g/mol. The Kier molecular flexibility index (Phi) is 4.80. The minimum Gasteiger partial charge on any atom is -0.354 e. The van der Waals surface area contributed by atoms with Gasteiger partial charge in [-0.15, -0.1) is 0 Å². The van der Waals surface area contributed by atoms with Crippen LogP contribution in [-0.4, -0.2) is 23.1 Å². The van der Waals surface area contributed by atoms with Crippen molar-refractivity contribution in [3.8, 4) is 0 Å². The second-order valence-electron chi connectivity index (χ2n) is 4.95. The Labute approximate surface area is 116 Å². The third kappa shape index (κ3) is 3.59. The third-order valence-corrected chi connectivity index (χ3v) is 3.37. The number of fused-ring (bicyclic) bond motifs is 1. The maximum atomic E-state index is 13.1. The lowest BCUT2D eigenvalue weighted by atomic mass is 10.1. The number of nitrogens with one attached hydrogen (secondary N) is 1. The van der Waals surface area contributed by atoms with Crippen LogP contribution in [0.4, 0.5) is 19.1 Å². The van der Waals surface area contributed by atoms with Crippen molar-refractivity contribution in [3.63, 3.8) is 0 Å². The van der Waals surface area contributed by atoms with Gasteiger partial charge in [-0.05, 0) is 38.6 Å². The van der Waals surface area contributed by atoms with Crippen molar-refractivity contribution in [3.05, 3.63) is 17.0 Å². The molecule has 1 aliphatic carbocycles. The Morgan fingerprint density at radius 1 is 1.10 bits per heavy atom. The quantitative estimate of drug-likeness (QED) is 0.660. The smallest absolute Gasteiger partial charge is 0.354 e. The molecule has 0 radical (unpaired) electrons. The molecule has 4 nitrogen and oxygen atoms in total. The first-order chi connectivity index (χ1) is 9.52. The zero-order valence-electron chi connectivity index (χ0n) is 11.3. The molecule has 0 amide bonds. The molecule has 0 unspecified atom stereocenters. The standard InChI is InChI=1S/C13H19F3N4/c14-13(15,16)11-9-5-2-1-3-6-10(9)19-12(20-11)18-8-4-7-17/h1-8,17H2,(H,18,19,20). The molecule has 0 saturated carbocycles. The van der Waals surface area contributed by atoms with Crippen LogP contribution in [0.1, 0.15) is 42.6 Å². The predicted molar refractivity (Wildman–Crippen MR) is 70.5 cm³/mol. The zero-order chi connectivity index (χ0) is 14.6. The highest BCUT2D eigenvalue weighted by Crippen LogP contribution is 2.34. The van der Waals surface area contributed by atoms with Crippen molar-refractivity contribution in [2.24, 2.45) is 5.73 Å². The molecule has 0 aromatic carbocycles. The first-order valence-corrected chi connectivity index (χ1v) is 6.93. The second kappa shape index (κ2) is 6.39. The van der Waals surface area contributed by atoms with E-state index >= 15 is 0 Å². The van der Waals surface area contributed by atoms with Gasteiger partial charge in [0.05, 0.1) is 0 Å². The van der Waals surface area contributed by atoms with Gasteiger partial charge in [-0.3, -0.25) is 0 Å². The number of hydrogen-bond acceptors (Lipinski definition) is 4. The van der Waals surface area contributed by atoms with Crippen molar-refractivity contribution in [2.45, 2.75) is 44.7 Å². The van der Waals surface area contributed by atoms with E-state index in [1.165, 1.54) is 0 Å². The number of alkyl halides is 3. The van der Waals surface area contributed by atoms with E-state index in [1.54, 1.807) is 0 Å². The first kappa shape index (κ1) is 15.0. The van der Waals surface area contributed by atoms with Crippen LogP contribution in [0.2, 0.25) is 0 Å². The number of rotatable bonds is 4. The number of hydrogen-bond donors (Lipinski definition) is 2. The topological polar surface area (TPSA) is 63.8 Å². The maximum absolute atomic E-state index is 13.1. The average Bonchev–Trinajstić information content (AvgIpc) is 2.62. The lowest BCUT2D eigenvalue weighted by Crippen LogP contribution is -2.18. The molecule has 3 N–H and O–H groups in total. The van der Waals surface area contributed by atoms with Gasteiger partial charge in [-0.1, -0.05) is 6.42 Å². The van der Waals surface area contributed by atoms with E-state index in [1.807, 2.05) is 0 Å². The number of aryl methyl sites for hydroxylation is 1. The fourth-order valence-corrected chi connectivity index (χ4v) is 2.39. The summed E-state index contributed by atoms with van der Waals surface area (Å²) in [4.78, 5) is 7.94. The highest BCUT2D eigenvalue weighted by atomic mass is 19.4. The van der Waals surface area contributed by atoms with Crippen molar-refractivity contribution in [2.75, 3.05) is 18.4 Å². The van der Waals surface area contributed by atoms with E-state index in [2.05, 4.69) is 15.3 Å². The molecule has 1 aromatic heterocycles. The van der Waals surface area contributed by atoms with E-state index in [-0.39, 0.29) is 11.5 Å². The molecular formula is C13H19F3N4. The summed E-state index contributed by atoms with van der Waals surface area (Å²) >= 11 is 0. The monoisotopic (exact) mass is 288 g/mol. The summed E-state index contributed by atoms with van der Waals surface area (Å²) in [6.07, 6.45) is -0.185. The fourth-order valence-electron chi connectivity index (χ4n) is 2.39. The van der Waals surface area contributed by atoms with Crippen molar-refractivity contribution in [1.29, 1.82) is 0 Å². The van der Waals surface area contributed by atoms with E-state index in [9.17, 15) is 13.2 Å². The first-order valence-electron chi connectivity index (χ1n) is 6.93. The SMILES string of the molecule is NCCCNc1nc2c(c(C(F)(F)F)n1)CCCCC2. The highest BCUT2D eigenvalue weighted by molar-refractivity contribution is 5.37. The van der Waals surface area contributed by atoms with Gasteiger partial charge in [0.25, 0.3) is 0 Å². The molecule has 7 heteroatoms. The van der Waals surface area contributed by atoms with Gasteiger partial charge in [0.2, 0.25) is 5.95 Å². The van der Waals surface area contributed by atoms with Crippen LogP contribution < -0.4 is 11.1 Å². The Morgan fingerprint density at radius 2 is 1.85 bits per heavy atom. The largest absolute Gasteiger partial charge is 0.433 e. The molecule has 0 aliphatic heterocycles. The van der Waals surface area contributed by atoms with Crippen molar-refractivity contribution in [1.82, 2.24) is 9.97 Å². The molecule has 1 heterocycles. The number of nitrogens with two attached hydrogens (primary N) is 1. The summed E-state index contributed by atoms with van der Waals surface area (Å²) in [5, 5.41) is 2.83. The summed E-state index contributed by atoms with van der Waals surface area (Å²) < 4.78 is 39.4. The summed E-state index contributed by atoms with van der Waals surface area (Å²) in [7, 11) is 0. The van der Waals surface area contributed by atoms with Gasteiger partial charge in [-0.25, -0.2) is 9.97 Å². The van der Waals surface area contributed by atoms with E-state index in [0.717, 1.165) is 19.3 Å². The molecule has 112 valence electrons. The summed E-state index contributed by atoms with van der Waals surface area (Å²) in [6.45, 7) is 0.955. The van der Waals surface area contributed by atoms with Crippen LogP contribution in [0.25, 0.3) is 0 Å².